The van der Waals surface area contributed by atoms with E-state index in [1.807, 2.05) is 13.8 Å². The van der Waals surface area contributed by atoms with Crippen LogP contribution in [0.2, 0.25) is 4.34 Å². The largest absolute Gasteiger partial charge is 0.392 e. The highest BCUT2D eigenvalue weighted by molar-refractivity contribution is 7.91. The van der Waals surface area contributed by atoms with Crippen LogP contribution in [-0.4, -0.2) is 25.7 Å². The molecule has 0 saturated heterocycles. The van der Waals surface area contributed by atoms with E-state index in [0.717, 1.165) is 24.2 Å². The highest BCUT2D eigenvalue weighted by atomic mass is 35.5. The maximum absolute atomic E-state index is 12.2. The lowest BCUT2D eigenvalue weighted by Gasteiger charge is -2.28. The van der Waals surface area contributed by atoms with Gasteiger partial charge in [-0.15, -0.1) is 11.3 Å². The SMILES string of the molecule is CCC(CC)C(NS(=O)(=O)c1ccc(Cl)s1)[C@H](C)O. The van der Waals surface area contributed by atoms with E-state index >= 15 is 0 Å². The molecular formula is C12H20ClNO3S2. The Morgan fingerprint density at radius 2 is 1.95 bits per heavy atom. The Labute approximate surface area is 123 Å². The van der Waals surface area contributed by atoms with Crippen LogP contribution >= 0.6 is 22.9 Å². The molecule has 1 aromatic rings. The topological polar surface area (TPSA) is 66.4 Å². The van der Waals surface area contributed by atoms with E-state index in [-0.39, 0.29) is 10.1 Å². The minimum atomic E-state index is -3.62. The summed E-state index contributed by atoms with van der Waals surface area (Å²) in [7, 11) is -3.62. The predicted octanol–water partition coefficient (Wildman–Crippen LogP) is 2.87. The van der Waals surface area contributed by atoms with Crippen molar-refractivity contribution in [1.82, 2.24) is 4.72 Å². The number of aliphatic hydroxyl groups excluding tert-OH is 1. The number of rotatable bonds is 7. The fraction of sp³-hybridized carbons (Fsp3) is 0.667. The van der Waals surface area contributed by atoms with E-state index in [2.05, 4.69) is 4.72 Å². The zero-order chi connectivity index (χ0) is 14.6. The molecule has 2 atom stereocenters. The third-order valence-corrected chi connectivity index (χ3v) is 6.36. The Morgan fingerprint density at radius 3 is 2.32 bits per heavy atom. The molecule has 7 heteroatoms. The van der Waals surface area contributed by atoms with E-state index in [9.17, 15) is 13.5 Å². The average molecular weight is 326 g/mol. The van der Waals surface area contributed by atoms with Crippen molar-refractivity contribution in [2.45, 2.75) is 50.0 Å². The van der Waals surface area contributed by atoms with Crippen molar-refractivity contribution in [2.24, 2.45) is 5.92 Å². The van der Waals surface area contributed by atoms with Crippen LogP contribution in [0.15, 0.2) is 16.3 Å². The number of aliphatic hydroxyl groups is 1. The molecule has 1 unspecified atom stereocenters. The van der Waals surface area contributed by atoms with Crippen molar-refractivity contribution in [2.75, 3.05) is 0 Å². The summed E-state index contributed by atoms with van der Waals surface area (Å²) in [6, 6.07) is 2.54. The van der Waals surface area contributed by atoms with Gasteiger partial charge >= 0.3 is 0 Å². The van der Waals surface area contributed by atoms with Crippen LogP contribution in [0.25, 0.3) is 0 Å². The van der Waals surface area contributed by atoms with Gasteiger partial charge in [-0.1, -0.05) is 38.3 Å². The molecule has 0 amide bonds. The van der Waals surface area contributed by atoms with Gasteiger partial charge < -0.3 is 5.11 Å². The normalized spacial score (nSPS) is 15.7. The number of hydrogen-bond donors (Lipinski definition) is 2. The van der Waals surface area contributed by atoms with Gasteiger partial charge in [0, 0.05) is 0 Å². The fourth-order valence-corrected chi connectivity index (χ4v) is 4.94. The minimum absolute atomic E-state index is 0.102. The molecular weight excluding hydrogens is 306 g/mol. The quantitative estimate of drug-likeness (QED) is 0.810. The van der Waals surface area contributed by atoms with Crippen LogP contribution in [0.4, 0.5) is 0 Å². The molecule has 110 valence electrons. The molecule has 0 aliphatic carbocycles. The molecule has 0 bridgehead atoms. The molecule has 0 fully saturated rings. The molecule has 0 aliphatic rings. The maximum Gasteiger partial charge on any atom is 0.250 e. The number of nitrogens with one attached hydrogen (secondary N) is 1. The summed E-state index contributed by atoms with van der Waals surface area (Å²) in [6.45, 7) is 5.58. The second-order valence-corrected chi connectivity index (χ2v) is 8.18. The van der Waals surface area contributed by atoms with Gasteiger partial charge in [-0.2, -0.15) is 0 Å². The molecule has 4 nitrogen and oxygen atoms in total. The van der Waals surface area contributed by atoms with Gasteiger partial charge in [0.15, 0.2) is 0 Å². The lowest BCUT2D eigenvalue weighted by atomic mass is 9.92. The Morgan fingerprint density at radius 1 is 1.37 bits per heavy atom. The van der Waals surface area contributed by atoms with Crippen LogP contribution < -0.4 is 4.72 Å². The molecule has 2 N–H and O–H groups in total. The Hall–Kier alpha value is -0.140. The monoisotopic (exact) mass is 325 g/mol. The van der Waals surface area contributed by atoms with Crippen molar-refractivity contribution >= 4 is 33.0 Å². The summed E-state index contributed by atoms with van der Waals surface area (Å²) < 4.78 is 27.7. The second kappa shape index (κ2) is 7.04. The molecule has 19 heavy (non-hydrogen) atoms. The summed E-state index contributed by atoms with van der Waals surface area (Å²) in [5, 5.41) is 9.81. The van der Waals surface area contributed by atoms with E-state index < -0.39 is 22.2 Å². The predicted molar refractivity (Wildman–Crippen MR) is 79.2 cm³/mol. The van der Waals surface area contributed by atoms with Crippen molar-refractivity contribution in [3.05, 3.63) is 16.5 Å². The van der Waals surface area contributed by atoms with E-state index in [1.54, 1.807) is 13.0 Å². The number of halogens is 1. The van der Waals surface area contributed by atoms with Crippen molar-refractivity contribution in [3.63, 3.8) is 0 Å². The molecule has 1 aromatic heterocycles. The van der Waals surface area contributed by atoms with E-state index in [4.69, 9.17) is 11.6 Å². The summed E-state index contributed by atoms with van der Waals surface area (Å²) in [5.74, 6) is 0.102. The highest BCUT2D eigenvalue weighted by Crippen LogP contribution is 2.27. The van der Waals surface area contributed by atoms with Crippen molar-refractivity contribution < 1.29 is 13.5 Å². The summed E-state index contributed by atoms with van der Waals surface area (Å²) in [4.78, 5) is 0. The lowest BCUT2D eigenvalue weighted by molar-refractivity contribution is 0.121. The van der Waals surface area contributed by atoms with Gasteiger partial charge in [-0.3, -0.25) is 0 Å². The molecule has 0 radical (unpaired) electrons. The van der Waals surface area contributed by atoms with Gasteiger partial charge in [0.1, 0.15) is 4.21 Å². The van der Waals surface area contributed by atoms with Gasteiger partial charge in [0.05, 0.1) is 16.5 Å². The maximum atomic E-state index is 12.2. The Balaban J connectivity index is 2.96. The number of thiophene rings is 1. The zero-order valence-corrected chi connectivity index (χ0v) is 13.6. The zero-order valence-electron chi connectivity index (χ0n) is 11.3. The smallest absolute Gasteiger partial charge is 0.250 e. The van der Waals surface area contributed by atoms with E-state index in [0.29, 0.717) is 4.34 Å². The lowest BCUT2D eigenvalue weighted by Crippen LogP contribution is -2.46. The van der Waals surface area contributed by atoms with Crippen LogP contribution in [0.1, 0.15) is 33.6 Å². The first kappa shape index (κ1) is 16.9. The standard InChI is InChI=1S/C12H20ClNO3S2/c1-4-9(5-2)12(8(3)15)14-19(16,17)11-7-6-10(13)18-11/h6-9,12,14-15H,4-5H2,1-3H3/t8-,12?/m0/s1. The first-order valence-corrected chi connectivity index (χ1v) is 8.95. The molecule has 0 saturated carbocycles. The summed E-state index contributed by atoms with van der Waals surface area (Å²) >= 11 is 6.77. The van der Waals surface area contributed by atoms with Gasteiger partial charge in [-0.05, 0) is 25.0 Å². The second-order valence-electron chi connectivity index (χ2n) is 4.52. The molecule has 1 rings (SSSR count). The molecule has 0 spiro atoms. The Bertz CT molecular complexity index is 495. The first-order valence-electron chi connectivity index (χ1n) is 6.27. The molecule has 0 aliphatic heterocycles. The van der Waals surface area contributed by atoms with Crippen LogP contribution in [0, 0.1) is 5.92 Å². The average Bonchev–Trinajstić information content (AvgIpc) is 2.76. The Kier molecular flexibility index (Phi) is 6.26. The number of sulfonamides is 1. The number of hydrogen-bond acceptors (Lipinski definition) is 4. The molecule has 1 heterocycles. The fourth-order valence-electron chi connectivity index (χ4n) is 2.06. The van der Waals surface area contributed by atoms with Gasteiger partial charge in [0.2, 0.25) is 10.0 Å². The summed E-state index contributed by atoms with van der Waals surface area (Å²) in [6.07, 6.45) is 0.870. The van der Waals surface area contributed by atoms with Crippen molar-refractivity contribution in [3.8, 4) is 0 Å². The third kappa shape index (κ3) is 4.43. The van der Waals surface area contributed by atoms with Crippen LogP contribution in [0.5, 0.6) is 0 Å². The van der Waals surface area contributed by atoms with E-state index in [1.165, 1.54) is 6.07 Å². The molecule has 0 aromatic carbocycles. The third-order valence-electron chi connectivity index (χ3n) is 3.18. The van der Waals surface area contributed by atoms with Crippen LogP contribution in [-0.2, 0) is 10.0 Å². The minimum Gasteiger partial charge on any atom is -0.392 e. The van der Waals surface area contributed by atoms with Crippen LogP contribution in [0.3, 0.4) is 0 Å². The van der Waals surface area contributed by atoms with Crippen molar-refractivity contribution in [1.29, 1.82) is 0 Å². The highest BCUT2D eigenvalue weighted by Gasteiger charge is 2.29. The summed E-state index contributed by atoms with van der Waals surface area (Å²) in [5.41, 5.74) is 0. The first-order chi connectivity index (χ1) is 8.81. The van der Waals surface area contributed by atoms with Gasteiger partial charge in [0.25, 0.3) is 0 Å². The van der Waals surface area contributed by atoms with Gasteiger partial charge in [-0.25, -0.2) is 13.1 Å².